The van der Waals surface area contributed by atoms with Gasteiger partial charge < -0.3 is 0 Å². The second-order valence-corrected chi connectivity index (χ2v) is 7.23. The van der Waals surface area contributed by atoms with Crippen LogP contribution in [0.2, 0.25) is 0 Å². The SMILES string of the molecule is O=S(=O)(c1cc(F)ccc1CCl)N1CCCCCCC1. The first-order valence-corrected chi connectivity index (χ1v) is 8.87. The third-order valence-electron chi connectivity index (χ3n) is 3.61. The summed E-state index contributed by atoms with van der Waals surface area (Å²) in [5, 5.41) is 0. The molecule has 0 amide bonds. The molecule has 1 aromatic rings. The highest BCUT2D eigenvalue weighted by Crippen LogP contribution is 2.25. The largest absolute Gasteiger partial charge is 0.243 e. The van der Waals surface area contributed by atoms with Crippen molar-refractivity contribution >= 4 is 21.6 Å². The van der Waals surface area contributed by atoms with Crippen LogP contribution in [-0.4, -0.2) is 25.8 Å². The number of hydrogen-bond acceptors (Lipinski definition) is 2. The highest BCUT2D eigenvalue weighted by molar-refractivity contribution is 7.89. The molecule has 0 bridgehead atoms. The predicted molar refractivity (Wildman–Crippen MR) is 77.8 cm³/mol. The third kappa shape index (κ3) is 3.51. The van der Waals surface area contributed by atoms with Gasteiger partial charge in [-0.3, -0.25) is 0 Å². The molecule has 1 aliphatic rings. The van der Waals surface area contributed by atoms with Gasteiger partial charge in [0.05, 0.1) is 4.90 Å². The number of nitrogens with zero attached hydrogens (tertiary/aromatic N) is 1. The molecule has 2 rings (SSSR count). The fourth-order valence-electron chi connectivity index (χ4n) is 2.48. The second kappa shape index (κ2) is 6.87. The molecule has 0 saturated carbocycles. The fraction of sp³-hybridized carbons (Fsp3) is 0.571. The number of sulfonamides is 1. The first kappa shape index (κ1) is 15.7. The van der Waals surface area contributed by atoms with E-state index in [0.29, 0.717) is 18.7 Å². The van der Waals surface area contributed by atoms with Gasteiger partial charge in [0.25, 0.3) is 0 Å². The minimum absolute atomic E-state index is 0.00748. The third-order valence-corrected chi connectivity index (χ3v) is 5.87. The minimum atomic E-state index is -3.66. The average molecular weight is 320 g/mol. The molecule has 0 aromatic heterocycles. The Kier molecular flexibility index (Phi) is 5.41. The Balaban J connectivity index is 2.35. The minimum Gasteiger partial charge on any atom is -0.207 e. The molecule has 1 aromatic carbocycles. The van der Waals surface area contributed by atoms with E-state index in [2.05, 4.69) is 0 Å². The highest BCUT2D eigenvalue weighted by atomic mass is 35.5. The van der Waals surface area contributed by atoms with Crippen molar-refractivity contribution in [2.75, 3.05) is 13.1 Å². The molecule has 1 heterocycles. The van der Waals surface area contributed by atoms with Gasteiger partial charge in [0.1, 0.15) is 5.82 Å². The van der Waals surface area contributed by atoms with Crippen molar-refractivity contribution in [2.45, 2.75) is 42.9 Å². The van der Waals surface area contributed by atoms with Crippen molar-refractivity contribution in [3.63, 3.8) is 0 Å². The molecular formula is C14H19ClFNO2S. The monoisotopic (exact) mass is 319 g/mol. The molecule has 112 valence electrons. The summed E-state index contributed by atoms with van der Waals surface area (Å²) in [6, 6.07) is 3.76. The summed E-state index contributed by atoms with van der Waals surface area (Å²) >= 11 is 5.78. The van der Waals surface area contributed by atoms with Gasteiger partial charge in [-0.1, -0.05) is 25.3 Å². The van der Waals surface area contributed by atoms with Crippen molar-refractivity contribution in [1.82, 2.24) is 4.31 Å². The topological polar surface area (TPSA) is 37.4 Å². The van der Waals surface area contributed by atoms with Gasteiger partial charge >= 0.3 is 0 Å². The summed E-state index contributed by atoms with van der Waals surface area (Å²) in [6.45, 7) is 1.00. The summed E-state index contributed by atoms with van der Waals surface area (Å²) < 4.78 is 40.2. The van der Waals surface area contributed by atoms with Crippen LogP contribution in [0.5, 0.6) is 0 Å². The van der Waals surface area contributed by atoms with E-state index in [1.807, 2.05) is 0 Å². The zero-order chi connectivity index (χ0) is 14.6. The first-order chi connectivity index (χ1) is 9.55. The fourth-order valence-corrected chi connectivity index (χ4v) is 4.54. The van der Waals surface area contributed by atoms with Gasteiger partial charge in [0.2, 0.25) is 10.0 Å². The molecule has 3 nitrogen and oxygen atoms in total. The summed E-state index contributed by atoms with van der Waals surface area (Å²) in [4.78, 5) is 0.00748. The van der Waals surface area contributed by atoms with Crippen LogP contribution in [-0.2, 0) is 15.9 Å². The van der Waals surface area contributed by atoms with E-state index >= 15 is 0 Å². The van der Waals surface area contributed by atoms with Crippen LogP contribution >= 0.6 is 11.6 Å². The smallest absolute Gasteiger partial charge is 0.207 e. The van der Waals surface area contributed by atoms with Gasteiger partial charge in [0.15, 0.2) is 0 Å². The van der Waals surface area contributed by atoms with Crippen LogP contribution < -0.4 is 0 Å². The van der Waals surface area contributed by atoms with E-state index in [0.717, 1.165) is 38.2 Å². The Morgan fingerprint density at radius 2 is 1.70 bits per heavy atom. The number of rotatable bonds is 3. The quantitative estimate of drug-likeness (QED) is 0.799. The van der Waals surface area contributed by atoms with Gasteiger partial charge in [-0.25, -0.2) is 12.8 Å². The average Bonchev–Trinajstić information content (AvgIpc) is 2.37. The zero-order valence-electron chi connectivity index (χ0n) is 11.3. The Morgan fingerprint density at radius 3 is 2.30 bits per heavy atom. The van der Waals surface area contributed by atoms with Crippen LogP contribution in [0.1, 0.15) is 37.7 Å². The van der Waals surface area contributed by atoms with Crippen molar-refractivity contribution in [3.8, 4) is 0 Å². The molecule has 0 aliphatic carbocycles. The van der Waals surface area contributed by atoms with Crippen molar-refractivity contribution < 1.29 is 12.8 Å². The van der Waals surface area contributed by atoms with E-state index in [-0.39, 0.29) is 10.8 Å². The molecule has 1 aliphatic heterocycles. The predicted octanol–water partition coefficient (Wildman–Crippen LogP) is 3.52. The Bertz CT molecular complexity index is 554. The summed E-state index contributed by atoms with van der Waals surface area (Å²) in [5.41, 5.74) is 0.454. The van der Waals surface area contributed by atoms with E-state index in [1.54, 1.807) is 0 Å². The van der Waals surface area contributed by atoms with Crippen molar-refractivity contribution in [3.05, 3.63) is 29.6 Å². The van der Waals surface area contributed by atoms with Crippen LogP contribution in [0.15, 0.2) is 23.1 Å². The van der Waals surface area contributed by atoms with Crippen molar-refractivity contribution in [1.29, 1.82) is 0 Å². The highest BCUT2D eigenvalue weighted by Gasteiger charge is 2.27. The van der Waals surface area contributed by atoms with Crippen LogP contribution in [0.4, 0.5) is 4.39 Å². The van der Waals surface area contributed by atoms with Crippen molar-refractivity contribution in [2.24, 2.45) is 0 Å². The standard InChI is InChI=1S/C14H19ClFNO2S/c15-11-12-6-7-13(16)10-14(12)20(18,19)17-8-4-2-1-3-5-9-17/h6-7,10H,1-5,8-9,11H2. The maximum atomic E-state index is 13.4. The van der Waals surface area contributed by atoms with Crippen LogP contribution in [0.25, 0.3) is 0 Å². The van der Waals surface area contributed by atoms with Gasteiger partial charge in [0, 0.05) is 19.0 Å². The lowest BCUT2D eigenvalue weighted by Gasteiger charge is -2.25. The Morgan fingerprint density at radius 1 is 1.10 bits per heavy atom. The molecule has 1 saturated heterocycles. The Labute approximate surface area is 124 Å². The molecule has 6 heteroatoms. The summed E-state index contributed by atoms with van der Waals surface area (Å²) in [7, 11) is -3.66. The number of alkyl halides is 1. The van der Waals surface area contributed by atoms with E-state index in [9.17, 15) is 12.8 Å². The Hall–Kier alpha value is -0.650. The summed E-state index contributed by atoms with van der Waals surface area (Å²) in [5.74, 6) is -0.493. The maximum absolute atomic E-state index is 13.4. The van der Waals surface area contributed by atoms with E-state index in [1.165, 1.54) is 16.4 Å². The number of benzene rings is 1. The lowest BCUT2D eigenvalue weighted by molar-refractivity contribution is 0.363. The lowest BCUT2D eigenvalue weighted by Crippen LogP contribution is -2.34. The van der Waals surface area contributed by atoms with E-state index < -0.39 is 15.8 Å². The molecule has 0 unspecified atom stereocenters. The molecule has 1 fully saturated rings. The summed E-state index contributed by atoms with van der Waals surface area (Å²) in [6.07, 6.45) is 4.94. The van der Waals surface area contributed by atoms with E-state index in [4.69, 9.17) is 11.6 Å². The molecule has 0 spiro atoms. The van der Waals surface area contributed by atoms with Crippen LogP contribution in [0.3, 0.4) is 0 Å². The van der Waals surface area contributed by atoms with Gasteiger partial charge in [-0.15, -0.1) is 11.6 Å². The lowest BCUT2D eigenvalue weighted by atomic mass is 10.1. The van der Waals surface area contributed by atoms with Gasteiger partial charge in [-0.05, 0) is 30.5 Å². The maximum Gasteiger partial charge on any atom is 0.243 e. The van der Waals surface area contributed by atoms with Gasteiger partial charge in [-0.2, -0.15) is 4.31 Å². The second-order valence-electron chi connectivity index (χ2n) is 5.06. The number of hydrogen-bond donors (Lipinski definition) is 0. The first-order valence-electron chi connectivity index (χ1n) is 6.90. The van der Waals surface area contributed by atoms with Crippen LogP contribution in [0, 0.1) is 5.82 Å². The normalized spacial score (nSPS) is 18.5. The molecule has 0 N–H and O–H groups in total. The number of halogens is 2. The zero-order valence-corrected chi connectivity index (χ0v) is 12.9. The molecule has 0 atom stereocenters. The molecule has 20 heavy (non-hydrogen) atoms. The molecule has 0 radical (unpaired) electrons. The molecular weight excluding hydrogens is 301 g/mol.